The van der Waals surface area contributed by atoms with E-state index in [4.69, 9.17) is 20.4 Å². The van der Waals surface area contributed by atoms with Gasteiger partial charge < -0.3 is 25.7 Å². The van der Waals surface area contributed by atoms with Crippen molar-refractivity contribution in [3.8, 4) is 5.75 Å². The fourth-order valence-corrected chi connectivity index (χ4v) is 2.47. The Morgan fingerprint density at radius 3 is 3.10 bits per heavy atom. The fraction of sp³-hybridized carbons (Fsp3) is 0.533. The van der Waals surface area contributed by atoms with Gasteiger partial charge in [-0.25, -0.2) is 0 Å². The van der Waals surface area contributed by atoms with E-state index in [1.54, 1.807) is 13.2 Å². The van der Waals surface area contributed by atoms with Gasteiger partial charge in [0.25, 0.3) is 0 Å². The van der Waals surface area contributed by atoms with Crippen LogP contribution >= 0.6 is 0 Å². The molecule has 0 aromatic heterocycles. The van der Waals surface area contributed by atoms with Gasteiger partial charge in [0.15, 0.2) is 5.84 Å². The number of nitrogens with zero attached hydrogens (tertiary/aromatic N) is 1. The second-order valence-electron chi connectivity index (χ2n) is 5.21. The van der Waals surface area contributed by atoms with Gasteiger partial charge in [0, 0.05) is 30.9 Å². The van der Waals surface area contributed by atoms with Crippen molar-refractivity contribution >= 4 is 5.84 Å². The van der Waals surface area contributed by atoms with E-state index in [0.717, 1.165) is 43.9 Å². The first kappa shape index (κ1) is 15.6. The van der Waals surface area contributed by atoms with Crippen molar-refractivity contribution in [2.24, 2.45) is 16.8 Å². The molecule has 0 radical (unpaired) electrons. The minimum Gasteiger partial charge on any atom is -0.496 e. The molecule has 0 saturated carbocycles. The van der Waals surface area contributed by atoms with Crippen LogP contribution in [-0.4, -0.2) is 37.9 Å². The number of nitrogens with one attached hydrogen (secondary N) is 1. The first-order chi connectivity index (χ1) is 10.2. The van der Waals surface area contributed by atoms with Crippen LogP contribution in [0.5, 0.6) is 5.75 Å². The molecule has 6 heteroatoms. The summed E-state index contributed by atoms with van der Waals surface area (Å²) in [5, 5.41) is 15.2. The third-order valence-corrected chi connectivity index (χ3v) is 3.75. The van der Waals surface area contributed by atoms with Gasteiger partial charge in [-0.1, -0.05) is 5.16 Å². The third-order valence-electron chi connectivity index (χ3n) is 3.75. The Bertz CT molecular complexity index is 485. The number of benzene rings is 1. The highest BCUT2D eigenvalue weighted by atomic mass is 16.5. The summed E-state index contributed by atoms with van der Waals surface area (Å²) >= 11 is 0. The van der Waals surface area contributed by atoms with E-state index in [1.165, 1.54) is 0 Å². The monoisotopic (exact) mass is 293 g/mol. The Hall–Kier alpha value is -1.79. The minimum absolute atomic E-state index is 0.0991. The van der Waals surface area contributed by atoms with E-state index in [1.807, 2.05) is 12.1 Å². The zero-order valence-electron chi connectivity index (χ0n) is 12.3. The molecule has 116 valence electrons. The summed E-state index contributed by atoms with van der Waals surface area (Å²) in [5.74, 6) is 1.56. The minimum atomic E-state index is 0.0991. The molecule has 0 aliphatic carbocycles. The Morgan fingerprint density at radius 1 is 1.57 bits per heavy atom. The van der Waals surface area contributed by atoms with Crippen LogP contribution in [0, 0.1) is 5.92 Å². The molecular weight excluding hydrogens is 270 g/mol. The highest BCUT2D eigenvalue weighted by Gasteiger charge is 2.14. The highest BCUT2D eigenvalue weighted by molar-refractivity contribution is 5.97. The summed E-state index contributed by atoms with van der Waals surface area (Å²) in [6, 6.07) is 5.47. The summed E-state index contributed by atoms with van der Waals surface area (Å²) in [6.07, 6.45) is 2.27. The smallest absolute Gasteiger partial charge is 0.170 e. The number of methoxy groups -OCH3 is 1. The lowest BCUT2D eigenvalue weighted by Crippen LogP contribution is -2.19. The molecule has 2 rings (SSSR count). The van der Waals surface area contributed by atoms with E-state index < -0.39 is 0 Å². The number of amidine groups is 1. The van der Waals surface area contributed by atoms with E-state index in [-0.39, 0.29) is 5.84 Å². The van der Waals surface area contributed by atoms with Gasteiger partial charge in [-0.05, 0) is 43.5 Å². The SMILES string of the molecule is COc1ccc(/C(N)=N/O)cc1CNCCC1CCOC1. The molecule has 1 aliphatic heterocycles. The van der Waals surface area contributed by atoms with Crippen molar-refractivity contribution in [2.75, 3.05) is 26.9 Å². The van der Waals surface area contributed by atoms with Gasteiger partial charge in [-0.15, -0.1) is 0 Å². The van der Waals surface area contributed by atoms with E-state index in [9.17, 15) is 0 Å². The summed E-state index contributed by atoms with van der Waals surface area (Å²) < 4.78 is 10.7. The maximum absolute atomic E-state index is 8.75. The lowest BCUT2D eigenvalue weighted by atomic mass is 10.1. The Labute approximate surface area is 124 Å². The average Bonchev–Trinajstić information content (AvgIpc) is 3.04. The largest absolute Gasteiger partial charge is 0.496 e. The standard InChI is InChI=1S/C15H23N3O3/c1-20-14-3-2-12(15(16)18-19)8-13(14)9-17-6-4-11-5-7-21-10-11/h2-3,8,11,17,19H,4-7,9-10H2,1H3,(H2,16,18). The van der Waals surface area contributed by atoms with Crippen molar-refractivity contribution in [1.29, 1.82) is 0 Å². The van der Waals surface area contributed by atoms with Crippen LogP contribution in [0.25, 0.3) is 0 Å². The number of oxime groups is 1. The molecule has 6 nitrogen and oxygen atoms in total. The molecule has 1 saturated heterocycles. The predicted molar refractivity (Wildman–Crippen MR) is 80.8 cm³/mol. The molecule has 21 heavy (non-hydrogen) atoms. The highest BCUT2D eigenvalue weighted by Crippen LogP contribution is 2.20. The van der Waals surface area contributed by atoms with Crippen molar-refractivity contribution < 1.29 is 14.7 Å². The zero-order chi connectivity index (χ0) is 15.1. The van der Waals surface area contributed by atoms with Crippen LogP contribution in [0.4, 0.5) is 0 Å². The van der Waals surface area contributed by atoms with Crippen molar-refractivity contribution in [3.63, 3.8) is 0 Å². The average molecular weight is 293 g/mol. The van der Waals surface area contributed by atoms with Crippen molar-refractivity contribution in [3.05, 3.63) is 29.3 Å². The second-order valence-corrected chi connectivity index (χ2v) is 5.21. The number of nitrogens with two attached hydrogens (primary N) is 1. The lowest BCUT2D eigenvalue weighted by Gasteiger charge is -2.12. The summed E-state index contributed by atoms with van der Waals surface area (Å²) in [5.41, 5.74) is 7.29. The molecule has 1 aromatic carbocycles. The van der Waals surface area contributed by atoms with E-state index in [0.29, 0.717) is 18.0 Å². The van der Waals surface area contributed by atoms with Gasteiger partial charge >= 0.3 is 0 Å². The Balaban J connectivity index is 1.90. The second kappa shape index (κ2) is 7.85. The number of hydrogen-bond acceptors (Lipinski definition) is 5. The Kier molecular flexibility index (Phi) is 5.83. The van der Waals surface area contributed by atoms with Gasteiger partial charge in [0.1, 0.15) is 5.75 Å². The number of hydrogen-bond donors (Lipinski definition) is 3. The van der Waals surface area contributed by atoms with Gasteiger partial charge in [0.2, 0.25) is 0 Å². The topological polar surface area (TPSA) is 89.1 Å². The maximum Gasteiger partial charge on any atom is 0.170 e. The number of rotatable bonds is 7. The molecule has 1 unspecified atom stereocenters. The quantitative estimate of drug-likeness (QED) is 0.232. The van der Waals surface area contributed by atoms with Gasteiger partial charge in [0.05, 0.1) is 7.11 Å². The van der Waals surface area contributed by atoms with Crippen LogP contribution in [0.2, 0.25) is 0 Å². The molecular formula is C15H23N3O3. The maximum atomic E-state index is 8.75. The third kappa shape index (κ3) is 4.34. The van der Waals surface area contributed by atoms with Gasteiger partial charge in [-0.3, -0.25) is 0 Å². The van der Waals surface area contributed by atoms with Crippen LogP contribution in [-0.2, 0) is 11.3 Å². The molecule has 4 N–H and O–H groups in total. The van der Waals surface area contributed by atoms with E-state index in [2.05, 4.69) is 10.5 Å². The van der Waals surface area contributed by atoms with Crippen LogP contribution in [0.15, 0.2) is 23.4 Å². The predicted octanol–water partition coefficient (Wildman–Crippen LogP) is 1.31. The van der Waals surface area contributed by atoms with Crippen LogP contribution in [0.1, 0.15) is 24.0 Å². The van der Waals surface area contributed by atoms with E-state index >= 15 is 0 Å². The first-order valence-corrected chi connectivity index (χ1v) is 7.18. The lowest BCUT2D eigenvalue weighted by molar-refractivity contribution is 0.184. The van der Waals surface area contributed by atoms with Crippen LogP contribution in [0.3, 0.4) is 0 Å². The molecule has 1 aliphatic rings. The molecule has 1 aromatic rings. The molecule has 1 atom stereocenters. The normalized spacial score (nSPS) is 18.9. The molecule has 1 fully saturated rings. The molecule has 0 amide bonds. The fourth-order valence-electron chi connectivity index (χ4n) is 2.47. The van der Waals surface area contributed by atoms with Crippen LogP contribution < -0.4 is 15.8 Å². The molecule has 0 spiro atoms. The molecule has 0 bridgehead atoms. The van der Waals surface area contributed by atoms with Gasteiger partial charge in [-0.2, -0.15) is 0 Å². The Morgan fingerprint density at radius 2 is 2.43 bits per heavy atom. The van der Waals surface area contributed by atoms with Crippen molar-refractivity contribution in [1.82, 2.24) is 5.32 Å². The summed E-state index contributed by atoms with van der Waals surface area (Å²) in [6.45, 7) is 3.39. The summed E-state index contributed by atoms with van der Waals surface area (Å²) in [7, 11) is 1.64. The molecule has 1 heterocycles. The first-order valence-electron chi connectivity index (χ1n) is 7.18. The van der Waals surface area contributed by atoms with Crippen molar-refractivity contribution in [2.45, 2.75) is 19.4 Å². The number of ether oxygens (including phenoxy) is 2. The summed E-state index contributed by atoms with van der Waals surface area (Å²) in [4.78, 5) is 0. The zero-order valence-corrected chi connectivity index (χ0v) is 12.3.